The van der Waals surface area contributed by atoms with E-state index in [1.165, 1.54) is 6.07 Å². The summed E-state index contributed by atoms with van der Waals surface area (Å²) in [5.41, 5.74) is 0.951. The predicted octanol–water partition coefficient (Wildman–Crippen LogP) is 2.85. The third-order valence-corrected chi connectivity index (χ3v) is 2.02. The first-order valence-corrected chi connectivity index (χ1v) is 5.17. The summed E-state index contributed by atoms with van der Waals surface area (Å²) in [6, 6.07) is 4.70. The lowest BCUT2D eigenvalue weighted by Crippen LogP contribution is -2.10. The average Bonchev–Trinajstić information content (AvgIpc) is 2.26. The normalized spacial score (nSPS) is 10.2. The van der Waals surface area contributed by atoms with E-state index >= 15 is 0 Å². The van der Waals surface area contributed by atoms with Crippen LogP contribution in [0.3, 0.4) is 0 Å². The van der Waals surface area contributed by atoms with Crippen molar-refractivity contribution in [2.24, 2.45) is 5.92 Å². The zero-order valence-corrected chi connectivity index (χ0v) is 9.56. The second-order valence-electron chi connectivity index (χ2n) is 3.97. The third-order valence-electron chi connectivity index (χ3n) is 2.02. The summed E-state index contributed by atoms with van der Waals surface area (Å²) in [5, 5.41) is 9.53. The second kappa shape index (κ2) is 5.35. The molecule has 1 aromatic rings. The number of carbonyl (C=O) groups is 1. The largest absolute Gasteiger partial charge is 0.507 e. The highest BCUT2D eigenvalue weighted by molar-refractivity contribution is 5.93. The molecule has 1 rings (SSSR count). The van der Waals surface area contributed by atoms with Gasteiger partial charge in [0.05, 0.1) is 6.61 Å². The van der Waals surface area contributed by atoms with E-state index in [1.54, 1.807) is 18.2 Å². The molecule has 0 aliphatic heterocycles. The van der Waals surface area contributed by atoms with Gasteiger partial charge < -0.3 is 9.84 Å². The quantitative estimate of drug-likeness (QED) is 0.793. The van der Waals surface area contributed by atoms with Crippen molar-refractivity contribution in [1.29, 1.82) is 0 Å². The lowest BCUT2D eigenvalue weighted by molar-refractivity contribution is 0.0455. The topological polar surface area (TPSA) is 46.5 Å². The molecule has 0 heterocycles. The Kier molecular flexibility index (Phi) is 4.11. The van der Waals surface area contributed by atoms with Gasteiger partial charge in [0.15, 0.2) is 0 Å². The highest BCUT2D eigenvalue weighted by atomic mass is 16.5. The molecule has 3 nitrogen and oxygen atoms in total. The third kappa shape index (κ3) is 3.12. The van der Waals surface area contributed by atoms with E-state index in [-0.39, 0.29) is 17.2 Å². The number of phenols is 1. The van der Waals surface area contributed by atoms with Gasteiger partial charge in [0.2, 0.25) is 0 Å². The van der Waals surface area contributed by atoms with Gasteiger partial charge in [-0.05, 0) is 23.6 Å². The molecule has 0 spiro atoms. The molecule has 0 atom stereocenters. The number of hydrogen-bond acceptors (Lipinski definition) is 3. The van der Waals surface area contributed by atoms with Crippen LogP contribution in [0, 0.1) is 5.92 Å². The molecule has 0 saturated carbocycles. The molecular formula is C13H16O3. The van der Waals surface area contributed by atoms with Crippen LogP contribution in [0.1, 0.15) is 29.8 Å². The van der Waals surface area contributed by atoms with Crippen LogP contribution in [0.5, 0.6) is 5.75 Å². The van der Waals surface area contributed by atoms with Crippen LogP contribution in [-0.2, 0) is 4.74 Å². The van der Waals surface area contributed by atoms with Gasteiger partial charge in [-0.15, -0.1) is 0 Å². The molecule has 0 radical (unpaired) electrons. The van der Waals surface area contributed by atoms with Gasteiger partial charge in [0, 0.05) is 0 Å². The second-order valence-corrected chi connectivity index (χ2v) is 3.97. The van der Waals surface area contributed by atoms with Crippen LogP contribution in [0.25, 0.3) is 6.08 Å². The van der Waals surface area contributed by atoms with Gasteiger partial charge >= 0.3 is 5.97 Å². The van der Waals surface area contributed by atoms with Crippen molar-refractivity contribution < 1.29 is 14.6 Å². The molecule has 0 unspecified atom stereocenters. The molecule has 1 N–H and O–H groups in total. The minimum absolute atomic E-state index is 0.0700. The van der Waals surface area contributed by atoms with Gasteiger partial charge in [-0.2, -0.15) is 0 Å². The number of hydrogen-bond donors (Lipinski definition) is 1. The average molecular weight is 220 g/mol. The molecule has 1 aromatic carbocycles. The number of carbonyl (C=O) groups excluding carboxylic acids is 1. The Morgan fingerprint density at radius 2 is 2.25 bits per heavy atom. The number of benzene rings is 1. The van der Waals surface area contributed by atoms with Crippen molar-refractivity contribution in [2.75, 3.05) is 6.61 Å². The van der Waals surface area contributed by atoms with E-state index in [1.807, 2.05) is 13.8 Å². The van der Waals surface area contributed by atoms with Crippen molar-refractivity contribution in [3.8, 4) is 5.75 Å². The summed E-state index contributed by atoms with van der Waals surface area (Å²) in [6.45, 7) is 7.85. The monoisotopic (exact) mass is 220 g/mol. The van der Waals surface area contributed by atoms with E-state index in [2.05, 4.69) is 6.58 Å². The molecule has 86 valence electrons. The Morgan fingerprint density at radius 1 is 1.56 bits per heavy atom. The summed E-state index contributed by atoms with van der Waals surface area (Å²) < 4.78 is 5.04. The van der Waals surface area contributed by atoms with Crippen molar-refractivity contribution in [2.45, 2.75) is 13.8 Å². The first-order chi connectivity index (χ1) is 7.54. The summed E-state index contributed by atoms with van der Waals surface area (Å²) >= 11 is 0. The van der Waals surface area contributed by atoms with E-state index < -0.39 is 5.97 Å². The molecule has 0 bridgehead atoms. The van der Waals surface area contributed by atoms with Crippen LogP contribution in [0.15, 0.2) is 24.8 Å². The summed E-state index contributed by atoms with van der Waals surface area (Å²) in [5.74, 6) is -0.303. The van der Waals surface area contributed by atoms with Crippen LogP contribution >= 0.6 is 0 Å². The number of aromatic hydroxyl groups is 1. The first kappa shape index (κ1) is 12.3. The molecule has 0 aliphatic rings. The summed E-state index contributed by atoms with van der Waals surface area (Å²) in [4.78, 5) is 11.6. The zero-order chi connectivity index (χ0) is 12.1. The fraction of sp³-hybridized carbons (Fsp3) is 0.308. The SMILES string of the molecule is C=Cc1ccc(O)c(C(=O)OCC(C)C)c1. The van der Waals surface area contributed by atoms with E-state index in [0.29, 0.717) is 6.61 Å². The minimum atomic E-state index is -0.505. The van der Waals surface area contributed by atoms with Gasteiger partial charge in [-0.3, -0.25) is 0 Å². The maximum atomic E-state index is 11.6. The zero-order valence-electron chi connectivity index (χ0n) is 9.56. The molecule has 3 heteroatoms. The van der Waals surface area contributed by atoms with E-state index in [0.717, 1.165) is 5.56 Å². The van der Waals surface area contributed by atoms with E-state index in [9.17, 15) is 9.90 Å². The highest BCUT2D eigenvalue weighted by Crippen LogP contribution is 2.20. The molecule has 0 fully saturated rings. The van der Waals surface area contributed by atoms with Crippen molar-refractivity contribution in [3.63, 3.8) is 0 Å². The molecule has 0 aromatic heterocycles. The first-order valence-electron chi connectivity index (χ1n) is 5.17. The van der Waals surface area contributed by atoms with Crippen molar-refractivity contribution in [3.05, 3.63) is 35.9 Å². The van der Waals surface area contributed by atoms with Crippen molar-refractivity contribution in [1.82, 2.24) is 0 Å². The van der Waals surface area contributed by atoms with Crippen LogP contribution in [-0.4, -0.2) is 17.7 Å². The molecule has 0 aliphatic carbocycles. The fourth-order valence-electron chi connectivity index (χ4n) is 1.16. The van der Waals surface area contributed by atoms with Crippen LogP contribution in [0.4, 0.5) is 0 Å². The summed E-state index contributed by atoms with van der Waals surface area (Å²) in [7, 11) is 0. The number of ether oxygens (including phenoxy) is 1. The smallest absolute Gasteiger partial charge is 0.341 e. The lowest BCUT2D eigenvalue weighted by Gasteiger charge is -2.08. The minimum Gasteiger partial charge on any atom is -0.507 e. The lowest BCUT2D eigenvalue weighted by atomic mass is 10.1. The van der Waals surface area contributed by atoms with E-state index in [4.69, 9.17) is 4.74 Å². The standard InChI is InChI=1S/C13H16O3/c1-4-10-5-6-12(14)11(7-10)13(15)16-8-9(2)3/h4-7,9,14H,1,8H2,2-3H3. The number of rotatable bonds is 4. The predicted molar refractivity (Wildman–Crippen MR) is 63.3 cm³/mol. The Hall–Kier alpha value is -1.77. The van der Waals surface area contributed by atoms with Crippen LogP contribution < -0.4 is 0 Å². The molecule has 0 amide bonds. The van der Waals surface area contributed by atoms with Crippen LogP contribution in [0.2, 0.25) is 0 Å². The molecular weight excluding hydrogens is 204 g/mol. The van der Waals surface area contributed by atoms with Gasteiger partial charge in [-0.1, -0.05) is 32.6 Å². The number of phenolic OH excluding ortho intramolecular Hbond substituents is 1. The Balaban J connectivity index is 2.85. The van der Waals surface area contributed by atoms with Crippen molar-refractivity contribution >= 4 is 12.0 Å². The van der Waals surface area contributed by atoms with Gasteiger partial charge in [-0.25, -0.2) is 4.79 Å². The maximum Gasteiger partial charge on any atom is 0.341 e. The highest BCUT2D eigenvalue weighted by Gasteiger charge is 2.13. The Labute approximate surface area is 95.4 Å². The molecule has 16 heavy (non-hydrogen) atoms. The number of esters is 1. The maximum absolute atomic E-state index is 11.6. The summed E-state index contributed by atoms with van der Waals surface area (Å²) in [6.07, 6.45) is 1.61. The van der Waals surface area contributed by atoms with Gasteiger partial charge in [0.1, 0.15) is 11.3 Å². The Bertz CT molecular complexity index is 394. The van der Waals surface area contributed by atoms with Gasteiger partial charge in [0.25, 0.3) is 0 Å². The fourth-order valence-corrected chi connectivity index (χ4v) is 1.16. The Morgan fingerprint density at radius 3 is 2.81 bits per heavy atom. The molecule has 0 saturated heterocycles.